The van der Waals surface area contributed by atoms with Crippen molar-refractivity contribution in [1.29, 1.82) is 0 Å². The minimum Gasteiger partial charge on any atom is -0.0879 e. The van der Waals surface area contributed by atoms with Crippen molar-refractivity contribution < 1.29 is 0 Å². The Balaban J connectivity index is 2.41. The molecule has 0 saturated carbocycles. The van der Waals surface area contributed by atoms with E-state index in [1.807, 2.05) is 0 Å². The first-order valence-electron chi connectivity index (χ1n) is 4.47. The Morgan fingerprint density at radius 1 is 0.583 bits per heavy atom. The van der Waals surface area contributed by atoms with Crippen molar-refractivity contribution in [2.45, 2.75) is 19.3 Å². The van der Waals surface area contributed by atoms with Crippen LogP contribution in [-0.2, 0) is 0 Å². The number of hydrogen-bond acceptors (Lipinski definition) is 0. The molecule has 1 rings (SSSR count). The van der Waals surface area contributed by atoms with E-state index in [0.29, 0.717) is 0 Å². The molecular formula is C12H15. The standard InChI is InChI=1S/C12H15/c1-2-4-6-8-10-12-11-9-7-5-3-1/h1-7,10,12H,8-9,11H2/b3-1+,6-4+,7-5-,12-10-. The molecular weight excluding hydrogens is 144 g/mol. The molecule has 0 amide bonds. The highest BCUT2D eigenvalue weighted by Gasteiger charge is 1.77. The van der Waals surface area contributed by atoms with Gasteiger partial charge in [0.05, 0.1) is 0 Å². The molecule has 0 unspecified atom stereocenters. The Bertz CT molecular complexity index is 204. The maximum atomic E-state index is 2.24. The molecule has 0 N–H and O–H groups in total. The molecule has 0 aromatic rings. The van der Waals surface area contributed by atoms with Gasteiger partial charge >= 0.3 is 0 Å². The van der Waals surface area contributed by atoms with Gasteiger partial charge in [-0.15, -0.1) is 0 Å². The largest absolute Gasteiger partial charge is 0.0879 e. The van der Waals surface area contributed by atoms with E-state index in [9.17, 15) is 0 Å². The van der Waals surface area contributed by atoms with Crippen LogP contribution in [0.15, 0.2) is 48.6 Å². The van der Waals surface area contributed by atoms with Crippen molar-refractivity contribution in [2.24, 2.45) is 0 Å². The van der Waals surface area contributed by atoms with E-state index in [0.717, 1.165) is 19.3 Å². The van der Waals surface area contributed by atoms with E-state index in [1.165, 1.54) is 0 Å². The highest BCUT2D eigenvalue weighted by molar-refractivity contribution is 5.15. The van der Waals surface area contributed by atoms with E-state index in [4.69, 9.17) is 0 Å². The predicted octanol–water partition coefficient (Wildman–Crippen LogP) is 3.60. The van der Waals surface area contributed by atoms with Crippen molar-refractivity contribution in [2.75, 3.05) is 0 Å². The van der Waals surface area contributed by atoms with Gasteiger partial charge in [0.1, 0.15) is 0 Å². The van der Waals surface area contributed by atoms with Gasteiger partial charge in [-0.3, -0.25) is 0 Å². The highest BCUT2D eigenvalue weighted by atomic mass is 13.8. The molecule has 12 heavy (non-hydrogen) atoms. The van der Waals surface area contributed by atoms with Crippen molar-refractivity contribution >= 4 is 0 Å². The number of hydrogen-bond donors (Lipinski definition) is 0. The summed E-state index contributed by atoms with van der Waals surface area (Å²) in [4.78, 5) is 0. The molecule has 1 aliphatic rings. The maximum Gasteiger partial charge on any atom is 0.00474 e. The first kappa shape index (κ1) is 9.05. The quantitative estimate of drug-likeness (QED) is 0.474. The molecule has 0 spiro atoms. The van der Waals surface area contributed by atoms with Gasteiger partial charge in [0.25, 0.3) is 0 Å². The molecule has 0 nitrogen and oxygen atoms in total. The molecule has 0 fully saturated rings. The average molecular weight is 159 g/mol. The minimum atomic E-state index is 1.05. The lowest BCUT2D eigenvalue weighted by Gasteiger charge is -1.87. The summed E-state index contributed by atoms with van der Waals surface area (Å²) in [6.07, 6.45) is 22.5. The van der Waals surface area contributed by atoms with Crippen molar-refractivity contribution in [3.05, 3.63) is 55.0 Å². The second-order valence-electron chi connectivity index (χ2n) is 2.72. The lowest BCUT2D eigenvalue weighted by Crippen LogP contribution is -1.67. The lowest BCUT2D eigenvalue weighted by atomic mass is 10.2. The van der Waals surface area contributed by atoms with Crippen LogP contribution in [0.4, 0.5) is 0 Å². The molecule has 0 aromatic carbocycles. The SMILES string of the molecule is [CH]1/C=C/C=C\CC/C=C\C/C=C/1. The van der Waals surface area contributed by atoms with E-state index in [1.54, 1.807) is 0 Å². The first-order chi connectivity index (χ1) is 6.00. The maximum absolute atomic E-state index is 2.24. The third-order valence-electron chi connectivity index (χ3n) is 1.66. The summed E-state index contributed by atoms with van der Waals surface area (Å²) in [7, 11) is 0. The molecule has 63 valence electrons. The fourth-order valence-electron chi connectivity index (χ4n) is 1.01. The Kier molecular flexibility index (Phi) is 5.02. The normalized spacial score (nSPS) is 29.3. The zero-order valence-electron chi connectivity index (χ0n) is 7.32. The van der Waals surface area contributed by atoms with Gasteiger partial charge in [-0.1, -0.05) is 48.6 Å². The smallest absolute Gasteiger partial charge is 0.00474 e. The summed E-state index contributed by atoms with van der Waals surface area (Å²) in [5.41, 5.74) is 0. The molecule has 0 atom stereocenters. The second kappa shape index (κ2) is 6.66. The third-order valence-corrected chi connectivity index (χ3v) is 1.66. The Hall–Kier alpha value is -1.04. The summed E-state index contributed by atoms with van der Waals surface area (Å²) in [6.45, 7) is 0. The summed E-state index contributed by atoms with van der Waals surface area (Å²) >= 11 is 0. The fourth-order valence-corrected chi connectivity index (χ4v) is 1.01. The van der Waals surface area contributed by atoms with Crippen LogP contribution >= 0.6 is 0 Å². The molecule has 0 aromatic heterocycles. The van der Waals surface area contributed by atoms with Gasteiger partial charge in [0.15, 0.2) is 0 Å². The Morgan fingerprint density at radius 2 is 1.50 bits per heavy atom. The van der Waals surface area contributed by atoms with Gasteiger partial charge in [-0.2, -0.15) is 0 Å². The first-order valence-corrected chi connectivity index (χ1v) is 4.47. The van der Waals surface area contributed by atoms with Crippen molar-refractivity contribution in [3.8, 4) is 0 Å². The van der Waals surface area contributed by atoms with Crippen LogP contribution in [0.3, 0.4) is 0 Å². The number of allylic oxidation sites excluding steroid dienone is 8. The van der Waals surface area contributed by atoms with Crippen molar-refractivity contribution in [1.82, 2.24) is 0 Å². The monoisotopic (exact) mass is 159 g/mol. The van der Waals surface area contributed by atoms with Crippen LogP contribution in [-0.4, -0.2) is 0 Å². The zero-order valence-corrected chi connectivity index (χ0v) is 7.32. The van der Waals surface area contributed by atoms with E-state index < -0.39 is 0 Å². The Morgan fingerprint density at radius 3 is 2.50 bits per heavy atom. The van der Waals surface area contributed by atoms with E-state index >= 15 is 0 Å². The van der Waals surface area contributed by atoms with Gasteiger partial charge in [-0.05, 0) is 19.3 Å². The lowest BCUT2D eigenvalue weighted by molar-refractivity contribution is 1.04. The third kappa shape index (κ3) is 4.73. The minimum absolute atomic E-state index is 1.05. The zero-order chi connectivity index (χ0) is 8.49. The summed E-state index contributed by atoms with van der Waals surface area (Å²) < 4.78 is 0. The average Bonchev–Trinajstić information content (AvgIpc) is 2.05. The fraction of sp³-hybridized carbons (Fsp3) is 0.250. The van der Waals surface area contributed by atoms with Crippen LogP contribution in [0.5, 0.6) is 0 Å². The molecule has 0 heteroatoms. The molecule has 0 aliphatic heterocycles. The molecule has 0 heterocycles. The predicted molar refractivity (Wildman–Crippen MR) is 54.7 cm³/mol. The van der Waals surface area contributed by atoms with E-state index in [-0.39, 0.29) is 0 Å². The highest BCUT2D eigenvalue weighted by Crippen LogP contribution is 1.98. The summed E-state index contributed by atoms with van der Waals surface area (Å²) in [5.74, 6) is 0. The van der Waals surface area contributed by atoms with E-state index in [2.05, 4.69) is 55.0 Å². The van der Waals surface area contributed by atoms with Gasteiger partial charge in [0, 0.05) is 6.42 Å². The van der Waals surface area contributed by atoms with Crippen LogP contribution in [0.25, 0.3) is 0 Å². The molecule has 0 saturated heterocycles. The van der Waals surface area contributed by atoms with Crippen molar-refractivity contribution in [3.63, 3.8) is 0 Å². The molecule has 0 bridgehead atoms. The van der Waals surface area contributed by atoms with Crippen LogP contribution in [0, 0.1) is 6.42 Å². The van der Waals surface area contributed by atoms with Gasteiger partial charge in [-0.25, -0.2) is 0 Å². The van der Waals surface area contributed by atoms with Gasteiger partial charge < -0.3 is 0 Å². The summed E-state index contributed by atoms with van der Waals surface area (Å²) in [5, 5.41) is 0. The number of rotatable bonds is 0. The Labute approximate surface area is 75.0 Å². The van der Waals surface area contributed by atoms with Gasteiger partial charge in [0.2, 0.25) is 0 Å². The van der Waals surface area contributed by atoms with Crippen LogP contribution in [0.2, 0.25) is 0 Å². The van der Waals surface area contributed by atoms with Crippen LogP contribution in [0.1, 0.15) is 19.3 Å². The second-order valence-corrected chi connectivity index (χ2v) is 2.72. The molecule has 1 aliphatic carbocycles. The summed E-state index contributed by atoms with van der Waals surface area (Å²) in [6, 6.07) is 0. The molecule has 1 radical (unpaired) electrons. The topological polar surface area (TPSA) is 0 Å². The van der Waals surface area contributed by atoms with Crippen LogP contribution < -0.4 is 0 Å².